The van der Waals surface area contributed by atoms with E-state index in [4.69, 9.17) is 0 Å². The van der Waals surface area contributed by atoms with Crippen LogP contribution in [0, 0.1) is 12.8 Å². The van der Waals surface area contributed by atoms with Crippen LogP contribution in [-0.4, -0.2) is 18.1 Å². The van der Waals surface area contributed by atoms with E-state index in [0.717, 1.165) is 5.92 Å². The first-order chi connectivity index (χ1) is 7.24. The molecule has 1 aromatic rings. The maximum absolute atomic E-state index is 4.25. The smallest absolute Gasteiger partial charge is 0.0305 e. The van der Waals surface area contributed by atoms with Crippen molar-refractivity contribution in [1.82, 2.24) is 10.3 Å². The molecular weight excluding hydrogens is 184 g/mol. The first kappa shape index (κ1) is 10.6. The van der Waals surface area contributed by atoms with Gasteiger partial charge in [-0.05, 0) is 55.8 Å². The van der Waals surface area contributed by atoms with Gasteiger partial charge in [0.05, 0.1) is 0 Å². The summed E-state index contributed by atoms with van der Waals surface area (Å²) in [4.78, 5) is 4.25. The standard InChI is InChI=1S/C13H20N2/c1-9-6-7-15-8-12(9)11-4-5-13(14-3)10(11)2/h6-8,10-11,13-14H,4-5H2,1-3H3. The molecule has 3 unspecified atom stereocenters. The van der Waals surface area contributed by atoms with Crippen molar-refractivity contribution in [3.8, 4) is 0 Å². The first-order valence-electron chi connectivity index (χ1n) is 5.81. The lowest BCUT2D eigenvalue weighted by molar-refractivity contribution is 0.427. The van der Waals surface area contributed by atoms with Gasteiger partial charge in [-0.1, -0.05) is 6.92 Å². The normalized spacial score (nSPS) is 30.7. The molecule has 82 valence electrons. The van der Waals surface area contributed by atoms with Gasteiger partial charge in [-0.25, -0.2) is 0 Å². The minimum Gasteiger partial charge on any atom is -0.317 e. The average molecular weight is 204 g/mol. The van der Waals surface area contributed by atoms with Gasteiger partial charge < -0.3 is 5.32 Å². The molecule has 2 rings (SSSR count). The Morgan fingerprint density at radius 2 is 2.20 bits per heavy atom. The molecule has 2 heteroatoms. The van der Waals surface area contributed by atoms with Crippen LogP contribution in [0.1, 0.15) is 36.8 Å². The second-order valence-corrected chi connectivity index (χ2v) is 4.67. The van der Waals surface area contributed by atoms with Crippen LogP contribution in [0.2, 0.25) is 0 Å². The molecule has 0 saturated heterocycles. The van der Waals surface area contributed by atoms with Gasteiger partial charge in [0.15, 0.2) is 0 Å². The number of nitrogens with one attached hydrogen (secondary N) is 1. The number of rotatable bonds is 2. The number of pyridine rings is 1. The highest BCUT2D eigenvalue weighted by atomic mass is 14.9. The summed E-state index contributed by atoms with van der Waals surface area (Å²) in [6, 6.07) is 2.80. The summed E-state index contributed by atoms with van der Waals surface area (Å²) in [5.74, 6) is 1.41. The summed E-state index contributed by atoms with van der Waals surface area (Å²) in [5.41, 5.74) is 2.83. The Morgan fingerprint density at radius 1 is 1.40 bits per heavy atom. The van der Waals surface area contributed by atoms with Crippen molar-refractivity contribution in [2.24, 2.45) is 5.92 Å². The summed E-state index contributed by atoms with van der Waals surface area (Å²) in [6.07, 6.45) is 6.51. The summed E-state index contributed by atoms with van der Waals surface area (Å²) < 4.78 is 0. The van der Waals surface area contributed by atoms with Crippen molar-refractivity contribution in [2.75, 3.05) is 7.05 Å². The Morgan fingerprint density at radius 3 is 2.80 bits per heavy atom. The minimum absolute atomic E-state index is 0.676. The summed E-state index contributed by atoms with van der Waals surface area (Å²) >= 11 is 0. The van der Waals surface area contributed by atoms with Gasteiger partial charge in [0.2, 0.25) is 0 Å². The first-order valence-corrected chi connectivity index (χ1v) is 5.81. The Balaban J connectivity index is 2.22. The predicted octanol–water partition coefficient (Wildman–Crippen LogP) is 2.49. The van der Waals surface area contributed by atoms with Crippen LogP contribution in [-0.2, 0) is 0 Å². The second-order valence-electron chi connectivity index (χ2n) is 4.67. The molecule has 1 heterocycles. The SMILES string of the molecule is CNC1CCC(c2cnccc2C)C1C. The molecule has 0 aromatic carbocycles. The molecule has 15 heavy (non-hydrogen) atoms. The number of hydrogen-bond acceptors (Lipinski definition) is 2. The number of aryl methyl sites for hydroxylation is 1. The third-order valence-electron chi connectivity index (χ3n) is 3.91. The Hall–Kier alpha value is -0.890. The van der Waals surface area contributed by atoms with Gasteiger partial charge in [0.1, 0.15) is 0 Å². The van der Waals surface area contributed by atoms with E-state index < -0.39 is 0 Å². The predicted molar refractivity (Wildman–Crippen MR) is 63.0 cm³/mol. The number of aromatic nitrogens is 1. The molecule has 0 bridgehead atoms. The Kier molecular flexibility index (Phi) is 3.06. The number of nitrogens with zero attached hydrogens (tertiary/aromatic N) is 1. The summed E-state index contributed by atoms with van der Waals surface area (Å²) in [5, 5.41) is 3.41. The molecule has 1 aliphatic rings. The fourth-order valence-corrected chi connectivity index (χ4v) is 2.88. The van der Waals surface area contributed by atoms with Crippen LogP contribution in [0.4, 0.5) is 0 Å². The third kappa shape index (κ3) is 1.91. The van der Waals surface area contributed by atoms with Crippen molar-refractivity contribution >= 4 is 0 Å². The Labute approximate surface area is 92.1 Å². The van der Waals surface area contributed by atoms with E-state index in [0.29, 0.717) is 12.0 Å². The molecule has 1 N–H and O–H groups in total. The van der Waals surface area contributed by atoms with E-state index in [1.807, 2.05) is 6.20 Å². The van der Waals surface area contributed by atoms with Gasteiger partial charge in [-0.15, -0.1) is 0 Å². The van der Waals surface area contributed by atoms with E-state index >= 15 is 0 Å². The maximum atomic E-state index is 4.25. The van der Waals surface area contributed by atoms with Crippen LogP contribution in [0.5, 0.6) is 0 Å². The van der Waals surface area contributed by atoms with Crippen molar-refractivity contribution in [3.05, 3.63) is 29.6 Å². The second kappa shape index (κ2) is 4.31. The van der Waals surface area contributed by atoms with Gasteiger partial charge in [0.25, 0.3) is 0 Å². The summed E-state index contributed by atoms with van der Waals surface area (Å²) in [6.45, 7) is 4.54. The van der Waals surface area contributed by atoms with Crippen molar-refractivity contribution in [2.45, 2.75) is 38.6 Å². The molecule has 1 aliphatic carbocycles. The molecule has 0 spiro atoms. The van der Waals surface area contributed by atoms with Gasteiger partial charge in [-0.3, -0.25) is 4.98 Å². The molecule has 0 aliphatic heterocycles. The monoisotopic (exact) mass is 204 g/mol. The zero-order chi connectivity index (χ0) is 10.8. The molecule has 3 atom stereocenters. The van der Waals surface area contributed by atoms with Gasteiger partial charge in [-0.2, -0.15) is 0 Å². The van der Waals surface area contributed by atoms with Crippen LogP contribution < -0.4 is 5.32 Å². The molecule has 1 fully saturated rings. The van der Waals surface area contributed by atoms with E-state index in [-0.39, 0.29) is 0 Å². The molecule has 2 nitrogen and oxygen atoms in total. The van der Waals surface area contributed by atoms with Crippen molar-refractivity contribution < 1.29 is 0 Å². The maximum Gasteiger partial charge on any atom is 0.0305 e. The van der Waals surface area contributed by atoms with E-state index in [9.17, 15) is 0 Å². The van der Waals surface area contributed by atoms with E-state index in [1.165, 1.54) is 24.0 Å². The lowest BCUT2D eigenvalue weighted by Gasteiger charge is -2.21. The van der Waals surface area contributed by atoms with Gasteiger partial charge in [0, 0.05) is 18.4 Å². The molecule has 0 radical (unpaired) electrons. The highest BCUT2D eigenvalue weighted by Crippen LogP contribution is 2.40. The molecule has 0 amide bonds. The highest BCUT2D eigenvalue weighted by molar-refractivity contribution is 5.27. The molecular formula is C13H20N2. The Bertz CT molecular complexity index is 335. The van der Waals surface area contributed by atoms with Crippen LogP contribution in [0.25, 0.3) is 0 Å². The average Bonchev–Trinajstić information content (AvgIpc) is 2.60. The largest absolute Gasteiger partial charge is 0.317 e. The lowest BCUT2D eigenvalue weighted by atomic mass is 9.87. The van der Waals surface area contributed by atoms with Crippen LogP contribution >= 0.6 is 0 Å². The molecule has 1 aromatic heterocycles. The van der Waals surface area contributed by atoms with Crippen molar-refractivity contribution in [3.63, 3.8) is 0 Å². The topological polar surface area (TPSA) is 24.9 Å². The zero-order valence-corrected chi connectivity index (χ0v) is 9.83. The van der Waals surface area contributed by atoms with Crippen LogP contribution in [0.15, 0.2) is 18.5 Å². The van der Waals surface area contributed by atoms with E-state index in [1.54, 1.807) is 0 Å². The number of hydrogen-bond donors (Lipinski definition) is 1. The fourth-order valence-electron chi connectivity index (χ4n) is 2.88. The lowest BCUT2D eigenvalue weighted by Crippen LogP contribution is -2.28. The third-order valence-corrected chi connectivity index (χ3v) is 3.91. The zero-order valence-electron chi connectivity index (χ0n) is 9.83. The minimum atomic E-state index is 0.676. The summed E-state index contributed by atoms with van der Waals surface area (Å²) in [7, 11) is 2.07. The molecule has 1 saturated carbocycles. The quantitative estimate of drug-likeness (QED) is 0.800. The van der Waals surface area contributed by atoms with Crippen molar-refractivity contribution in [1.29, 1.82) is 0 Å². The van der Waals surface area contributed by atoms with E-state index in [2.05, 4.69) is 43.5 Å². The van der Waals surface area contributed by atoms with Crippen LogP contribution in [0.3, 0.4) is 0 Å². The highest BCUT2D eigenvalue weighted by Gasteiger charge is 2.33. The fraction of sp³-hybridized carbons (Fsp3) is 0.615. The van der Waals surface area contributed by atoms with Gasteiger partial charge >= 0.3 is 0 Å².